The van der Waals surface area contributed by atoms with Crippen LogP contribution in [0, 0.1) is 26.6 Å². The molecule has 0 aliphatic carbocycles. The molecule has 6 nitrogen and oxygen atoms in total. The lowest BCUT2D eigenvalue weighted by Gasteiger charge is -2.11. The van der Waals surface area contributed by atoms with Crippen LogP contribution in [0.4, 0.5) is 10.1 Å². The topological polar surface area (TPSA) is 69.0 Å². The van der Waals surface area contributed by atoms with Crippen molar-refractivity contribution in [3.8, 4) is 5.75 Å². The van der Waals surface area contributed by atoms with Gasteiger partial charge >= 0.3 is 0 Å². The highest BCUT2D eigenvalue weighted by molar-refractivity contribution is 7.99. The molecule has 0 saturated carbocycles. The van der Waals surface area contributed by atoms with E-state index in [0.717, 1.165) is 22.4 Å². The van der Waals surface area contributed by atoms with Crippen LogP contribution in [0.3, 0.4) is 0 Å². The second-order valence-corrected chi connectivity index (χ2v) is 7.94. The van der Waals surface area contributed by atoms with Crippen molar-refractivity contribution in [2.24, 2.45) is 0 Å². The van der Waals surface area contributed by atoms with Crippen molar-refractivity contribution in [1.82, 2.24) is 14.8 Å². The number of amides is 1. The summed E-state index contributed by atoms with van der Waals surface area (Å²) in [5.41, 5.74) is 3.46. The number of ether oxygens (including phenoxy) is 1. The Bertz CT molecular complexity index is 1050. The van der Waals surface area contributed by atoms with Crippen LogP contribution in [0.25, 0.3) is 0 Å². The lowest BCUT2D eigenvalue weighted by Crippen LogP contribution is -2.15. The van der Waals surface area contributed by atoms with Crippen molar-refractivity contribution >= 4 is 23.4 Å². The summed E-state index contributed by atoms with van der Waals surface area (Å²) in [4.78, 5) is 12.3. The molecule has 3 aromatic rings. The summed E-state index contributed by atoms with van der Waals surface area (Å²) in [6.07, 6.45) is 0. The molecule has 0 radical (unpaired) electrons. The van der Waals surface area contributed by atoms with Gasteiger partial charge in [0.1, 0.15) is 18.2 Å². The number of benzene rings is 2. The number of aryl methyl sites for hydroxylation is 3. The van der Waals surface area contributed by atoms with Crippen molar-refractivity contribution in [2.45, 2.75) is 46.0 Å². The van der Waals surface area contributed by atoms with E-state index in [-0.39, 0.29) is 17.5 Å². The van der Waals surface area contributed by atoms with E-state index in [9.17, 15) is 9.18 Å². The minimum atomic E-state index is -0.386. The van der Waals surface area contributed by atoms with Crippen LogP contribution in [0.5, 0.6) is 5.75 Å². The molecular weight excluding hydrogens is 403 g/mol. The Labute approximate surface area is 179 Å². The number of aromatic nitrogens is 3. The number of nitrogens with one attached hydrogen (secondary N) is 1. The minimum absolute atomic E-state index is 0.145. The third-order valence-corrected chi connectivity index (χ3v) is 5.58. The molecule has 158 valence electrons. The third-order valence-electron chi connectivity index (χ3n) is 4.62. The Morgan fingerprint density at radius 3 is 2.67 bits per heavy atom. The maximum Gasteiger partial charge on any atom is 0.234 e. The van der Waals surface area contributed by atoms with E-state index >= 15 is 0 Å². The standard InChI is InChI=1S/C22H25FN4O2S/c1-5-27-20(12-29-19-10-14(2)6-7-16(19)4)25-26-22(27)30-13-21(28)24-18-11-17(23)9-8-15(18)3/h6-11H,5,12-13H2,1-4H3,(H,24,28). The van der Waals surface area contributed by atoms with Crippen molar-refractivity contribution in [2.75, 3.05) is 11.1 Å². The molecule has 1 amide bonds. The van der Waals surface area contributed by atoms with Crippen LogP contribution >= 0.6 is 11.8 Å². The molecule has 0 saturated heterocycles. The smallest absolute Gasteiger partial charge is 0.234 e. The van der Waals surface area contributed by atoms with Gasteiger partial charge in [-0.3, -0.25) is 4.79 Å². The van der Waals surface area contributed by atoms with E-state index in [1.165, 1.54) is 23.9 Å². The molecule has 1 heterocycles. The normalized spacial score (nSPS) is 10.8. The summed E-state index contributed by atoms with van der Waals surface area (Å²) >= 11 is 1.29. The molecule has 30 heavy (non-hydrogen) atoms. The van der Waals surface area contributed by atoms with E-state index in [0.29, 0.717) is 29.8 Å². The van der Waals surface area contributed by atoms with Crippen LogP contribution < -0.4 is 10.1 Å². The number of rotatable bonds is 8. The quantitative estimate of drug-likeness (QED) is 0.528. The van der Waals surface area contributed by atoms with Gasteiger partial charge in [-0.15, -0.1) is 10.2 Å². The summed E-state index contributed by atoms with van der Waals surface area (Å²) in [7, 11) is 0. The molecule has 0 aliphatic heterocycles. The Kier molecular flexibility index (Phi) is 7.10. The fourth-order valence-electron chi connectivity index (χ4n) is 2.90. The molecule has 0 bridgehead atoms. The largest absolute Gasteiger partial charge is 0.485 e. The van der Waals surface area contributed by atoms with Gasteiger partial charge in [-0.1, -0.05) is 30.0 Å². The van der Waals surface area contributed by atoms with Crippen LogP contribution in [0.2, 0.25) is 0 Å². The number of hydrogen-bond acceptors (Lipinski definition) is 5. The maximum atomic E-state index is 13.4. The lowest BCUT2D eigenvalue weighted by atomic mass is 10.1. The number of carbonyl (C=O) groups excluding carboxylic acids is 1. The summed E-state index contributed by atoms with van der Waals surface area (Å²) in [5.74, 6) is 1.05. The molecule has 1 aromatic heterocycles. The first-order valence-electron chi connectivity index (χ1n) is 9.68. The lowest BCUT2D eigenvalue weighted by molar-refractivity contribution is -0.113. The van der Waals surface area contributed by atoms with Crippen LogP contribution in [-0.4, -0.2) is 26.4 Å². The summed E-state index contributed by atoms with van der Waals surface area (Å²) in [6.45, 7) is 8.78. The van der Waals surface area contributed by atoms with Gasteiger partial charge in [-0.2, -0.15) is 0 Å². The predicted octanol–water partition coefficient (Wildman–Crippen LogP) is 4.67. The van der Waals surface area contributed by atoms with Gasteiger partial charge in [0.2, 0.25) is 5.91 Å². The van der Waals surface area contributed by atoms with Gasteiger partial charge in [0.05, 0.1) is 5.75 Å². The molecular formula is C22H25FN4O2S. The first-order chi connectivity index (χ1) is 14.4. The van der Waals surface area contributed by atoms with Crippen LogP contribution in [-0.2, 0) is 17.9 Å². The molecule has 0 aliphatic rings. The first kappa shape index (κ1) is 21.8. The van der Waals surface area contributed by atoms with Gasteiger partial charge < -0.3 is 14.6 Å². The van der Waals surface area contributed by atoms with Gasteiger partial charge in [-0.25, -0.2) is 4.39 Å². The van der Waals surface area contributed by atoms with E-state index in [1.54, 1.807) is 6.07 Å². The third kappa shape index (κ3) is 5.38. The van der Waals surface area contributed by atoms with Crippen molar-refractivity contribution < 1.29 is 13.9 Å². The Morgan fingerprint density at radius 1 is 1.13 bits per heavy atom. The van der Waals surface area contributed by atoms with E-state index < -0.39 is 0 Å². The molecule has 1 N–H and O–H groups in total. The van der Waals surface area contributed by atoms with Crippen molar-refractivity contribution in [1.29, 1.82) is 0 Å². The van der Waals surface area contributed by atoms with Crippen LogP contribution in [0.1, 0.15) is 29.4 Å². The maximum absolute atomic E-state index is 13.4. The minimum Gasteiger partial charge on any atom is -0.485 e. The number of anilines is 1. The highest BCUT2D eigenvalue weighted by atomic mass is 32.2. The van der Waals surface area contributed by atoms with E-state index in [2.05, 4.69) is 15.5 Å². The van der Waals surface area contributed by atoms with Crippen molar-refractivity contribution in [3.63, 3.8) is 0 Å². The van der Waals surface area contributed by atoms with Crippen molar-refractivity contribution in [3.05, 3.63) is 64.7 Å². The van der Waals surface area contributed by atoms with Gasteiger partial charge in [0.25, 0.3) is 0 Å². The fourth-order valence-corrected chi connectivity index (χ4v) is 3.72. The molecule has 2 aromatic carbocycles. The Balaban J connectivity index is 1.61. The Morgan fingerprint density at radius 2 is 1.90 bits per heavy atom. The predicted molar refractivity (Wildman–Crippen MR) is 116 cm³/mol. The number of hydrogen-bond donors (Lipinski definition) is 1. The zero-order valence-corrected chi connectivity index (χ0v) is 18.3. The molecule has 0 atom stereocenters. The average molecular weight is 429 g/mol. The summed E-state index contributed by atoms with van der Waals surface area (Å²) in [5, 5.41) is 11.8. The molecule has 0 fully saturated rings. The van der Waals surface area contributed by atoms with E-state index in [1.807, 2.05) is 50.5 Å². The number of nitrogens with zero attached hydrogens (tertiary/aromatic N) is 3. The molecule has 0 unspecified atom stereocenters. The van der Waals surface area contributed by atoms with Gasteiger partial charge in [0, 0.05) is 12.2 Å². The highest BCUT2D eigenvalue weighted by Crippen LogP contribution is 2.22. The molecule has 0 spiro atoms. The second kappa shape index (κ2) is 9.75. The zero-order valence-electron chi connectivity index (χ0n) is 17.5. The summed E-state index contributed by atoms with van der Waals surface area (Å²) < 4.78 is 21.3. The fraction of sp³-hybridized carbons (Fsp3) is 0.318. The highest BCUT2D eigenvalue weighted by Gasteiger charge is 2.15. The average Bonchev–Trinajstić information content (AvgIpc) is 3.11. The SMILES string of the molecule is CCn1c(COc2cc(C)ccc2C)nnc1SCC(=O)Nc1cc(F)ccc1C. The van der Waals surface area contributed by atoms with Gasteiger partial charge in [0.15, 0.2) is 11.0 Å². The number of thioether (sulfide) groups is 1. The number of halogens is 1. The first-order valence-corrected chi connectivity index (χ1v) is 10.7. The second-order valence-electron chi connectivity index (χ2n) is 7.00. The van der Waals surface area contributed by atoms with Crippen LogP contribution in [0.15, 0.2) is 41.6 Å². The van der Waals surface area contributed by atoms with E-state index in [4.69, 9.17) is 4.74 Å². The monoisotopic (exact) mass is 428 g/mol. The molecule has 3 rings (SSSR count). The number of carbonyl (C=O) groups is 1. The zero-order chi connectivity index (χ0) is 21.7. The summed E-state index contributed by atoms with van der Waals surface area (Å²) in [6, 6.07) is 10.4. The molecule has 8 heteroatoms. The van der Waals surface area contributed by atoms with Gasteiger partial charge in [-0.05, 0) is 62.6 Å². The Hall–Kier alpha value is -2.87.